The number of hydrogen-bond acceptors (Lipinski definition) is 5. The summed E-state index contributed by atoms with van der Waals surface area (Å²) in [5, 5.41) is 5.68. The number of esters is 1. The second kappa shape index (κ2) is 11.1. The van der Waals surface area contributed by atoms with E-state index in [2.05, 4.69) is 10.6 Å². The minimum Gasteiger partial charge on any atom is -0.467 e. The maximum atomic E-state index is 12.5. The molecule has 7 nitrogen and oxygen atoms in total. The Labute approximate surface area is 187 Å². The van der Waals surface area contributed by atoms with E-state index in [1.807, 2.05) is 60.7 Å². The van der Waals surface area contributed by atoms with Gasteiger partial charge in [-0.1, -0.05) is 73.7 Å². The maximum Gasteiger partial charge on any atom is 0.407 e. The lowest BCUT2D eigenvalue weighted by Gasteiger charge is -2.22. The van der Waals surface area contributed by atoms with Crippen LogP contribution < -0.4 is 10.6 Å². The van der Waals surface area contributed by atoms with Crippen molar-refractivity contribution < 1.29 is 23.9 Å². The van der Waals surface area contributed by atoms with Crippen LogP contribution >= 0.6 is 0 Å². The van der Waals surface area contributed by atoms with Gasteiger partial charge >= 0.3 is 12.1 Å². The molecule has 1 heterocycles. The summed E-state index contributed by atoms with van der Waals surface area (Å²) in [6.45, 7) is 1.93. The molecular formula is C25H28N2O5. The van der Waals surface area contributed by atoms with Crippen LogP contribution in [0.25, 0.3) is 0 Å². The third-order valence-corrected chi connectivity index (χ3v) is 5.31. The first-order chi connectivity index (χ1) is 15.5. The highest BCUT2D eigenvalue weighted by molar-refractivity contribution is 5.86. The van der Waals surface area contributed by atoms with E-state index in [0.717, 1.165) is 16.7 Å². The third kappa shape index (κ3) is 6.44. The minimum atomic E-state index is -0.791. The summed E-state index contributed by atoms with van der Waals surface area (Å²) >= 11 is 0. The van der Waals surface area contributed by atoms with Crippen LogP contribution in [0.4, 0.5) is 4.79 Å². The van der Waals surface area contributed by atoms with Gasteiger partial charge in [-0.3, -0.25) is 4.79 Å². The van der Waals surface area contributed by atoms with Crippen molar-refractivity contribution in [1.82, 2.24) is 10.6 Å². The molecule has 0 saturated heterocycles. The van der Waals surface area contributed by atoms with Crippen molar-refractivity contribution in [3.8, 4) is 0 Å². The lowest BCUT2D eigenvalue weighted by Crippen LogP contribution is -2.45. The molecule has 32 heavy (non-hydrogen) atoms. The topological polar surface area (TPSA) is 93.7 Å². The van der Waals surface area contributed by atoms with E-state index >= 15 is 0 Å². The SMILES string of the molecule is COC(=O)[C@H]1Cc2cccc(c2)[C@@H](NC(=O)OCc2ccccc2)C/C=C/[C@@H](C)C(=O)N1. The van der Waals surface area contributed by atoms with Gasteiger partial charge in [0, 0.05) is 6.42 Å². The Morgan fingerprint density at radius 3 is 2.66 bits per heavy atom. The average Bonchev–Trinajstić information content (AvgIpc) is 2.81. The van der Waals surface area contributed by atoms with Crippen molar-refractivity contribution >= 4 is 18.0 Å². The fraction of sp³-hybridized carbons (Fsp3) is 0.320. The molecule has 0 saturated carbocycles. The summed E-state index contributed by atoms with van der Waals surface area (Å²) in [6, 6.07) is 15.9. The van der Waals surface area contributed by atoms with Crippen LogP contribution in [-0.2, 0) is 32.1 Å². The van der Waals surface area contributed by atoms with Crippen LogP contribution in [0.1, 0.15) is 36.1 Å². The van der Waals surface area contributed by atoms with Gasteiger partial charge < -0.3 is 20.1 Å². The van der Waals surface area contributed by atoms with E-state index in [4.69, 9.17) is 9.47 Å². The summed E-state index contributed by atoms with van der Waals surface area (Å²) in [5.74, 6) is -1.21. The number of rotatable bonds is 4. The Morgan fingerprint density at radius 1 is 1.12 bits per heavy atom. The number of nitrogens with one attached hydrogen (secondary N) is 2. The standard InChI is InChI=1S/C25H28N2O5/c1-17-8-6-13-21(27-25(30)32-16-18-9-4-3-5-10-18)20-12-7-11-19(14-20)15-22(24(29)31-2)26-23(17)28/h3-12,14,17,21-22H,13,15-16H2,1-2H3,(H,26,28)(H,27,30)/b8-6+/t17-,21+,22-/m1/s1. The zero-order valence-corrected chi connectivity index (χ0v) is 18.2. The van der Waals surface area contributed by atoms with E-state index in [9.17, 15) is 14.4 Å². The lowest BCUT2D eigenvalue weighted by molar-refractivity contribution is -0.145. The summed E-state index contributed by atoms with van der Waals surface area (Å²) in [4.78, 5) is 37.2. The minimum absolute atomic E-state index is 0.174. The Bertz CT molecular complexity index is 973. The molecule has 2 amide bonds. The molecule has 0 fully saturated rings. The van der Waals surface area contributed by atoms with Crippen molar-refractivity contribution in [3.63, 3.8) is 0 Å². The second-order valence-electron chi connectivity index (χ2n) is 7.74. The molecule has 0 aliphatic carbocycles. The predicted octanol–water partition coefficient (Wildman–Crippen LogP) is 3.45. The molecule has 2 aromatic carbocycles. The monoisotopic (exact) mass is 436 g/mol. The Kier molecular flexibility index (Phi) is 8.02. The largest absolute Gasteiger partial charge is 0.467 e. The van der Waals surface area contributed by atoms with Gasteiger partial charge in [0.1, 0.15) is 12.6 Å². The lowest BCUT2D eigenvalue weighted by atomic mass is 9.96. The molecule has 2 aromatic rings. The van der Waals surface area contributed by atoms with Gasteiger partial charge in [-0.2, -0.15) is 0 Å². The van der Waals surface area contributed by atoms with Crippen molar-refractivity contribution in [1.29, 1.82) is 0 Å². The number of amides is 2. The quantitative estimate of drug-likeness (QED) is 0.566. The van der Waals surface area contributed by atoms with Gasteiger partial charge in [-0.25, -0.2) is 9.59 Å². The molecular weight excluding hydrogens is 408 g/mol. The number of hydrogen-bond donors (Lipinski definition) is 2. The van der Waals surface area contributed by atoms with Crippen LogP contribution in [0.2, 0.25) is 0 Å². The fourth-order valence-corrected chi connectivity index (χ4v) is 3.50. The molecule has 0 radical (unpaired) electrons. The van der Waals surface area contributed by atoms with E-state index in [0.29, 0.717) is 6.42 Å². The molecule has 1 aliphatic rings. The van der Waals surface area contributed by atoms with Gasteiger partial charge in [0.05, 0.1) is 19.1 Å². The van der Waals surface area contributed by atoms with Crippen LogP contribution in [-0.4, -0.2) is 31.1 Å². The van der Waals surface area contributed by atoms with Crippen LogP contribution in [0.3, 0.4) is 0 Å². The van der Waals surface area contributed by atoms with Crippen molar-refractivity contribution in [3.05, 3.63) is 83.4 Å². The average molecular weight is 437 g/mol. The fourth-order valence-electron chi connectivity index (χ4n) is 3.50. The van der Waals surface area contributed by atoms with E-state index in [1.54, 1.807) is 13.0 Å². The number of carbonyl (C=O) groups excluding carboxylic acids is 3. The van der Waals surface area contributed by atoms with Gasteiger partial charge in [-0.15, -0.1) is 0 Å². The number of benzene rings is 2. The van der Waals surface area contributed by atoms with Gasteiger partial charge in [0.2, 0.25) is 5.91 Å². The smallest absolute Gasteiger partial charge is 0.407 e. The first-order valence-corrected chi connectivity index (χ1v) is 10.6. The Balaban J connectivity index is 1.79. The summed E-state index contributed by atoms with van der Waals surface area (Å²) in [5.41, 5.74) is 2.63. The zero-order chi connectivity index (χ0) is 22.9. The van der Waals surface area contributed by atoms with Crippen molar-refractivity contribution in [2.24, 2.45) is 5.92 Å². The Morgan fingerprint density at radius 2 is 1.91 bits per heavy atom. The molecule has 0 unspecified atom stereocenters. The van der Waals surface area contributed by atoms with E-state index < -0.39 is 24.0 Å². The van der Waals surface area contributed by atoms with E-state index in [-0.39, 0.29) is 25.0 Å². The number of methoxy groups -OCH3 is 1. The van der Waals surface area contributed by atoms with Gasteiger partial charge in [0.15, 0.2) is 0 Å². The van der Waals surface area contributed by atoms with Gasteiger partial charge in [0.25, 0.3) is 0 Å². The first kappa shape index (κ1) is 23.1. The highest BCUT2D eigenvalue weighted by atomic mass is 16.5. The highest BCUT2D eigenvalue weighted by Crippen LogP contribution is 2.21. The number of ether oxygens (including phenoxy) is 2. The molecule has 168 valence electrons. The number of alkyl carbamates (subject to hydrolysis) is 1. The summed E-state index contributed by atoms with van der Waals surface area (Å²) in [7, 11) is 1.30. The first-order valence-electron chi connectivity index (χ1n) is 10.6. The molecule has 0 aromatic heterocycles. The molecule has 7 heteroatoms. The molecule has 3 atom stereocenters. The van der Waals surface area contributed by atoms with Crippen LogP contribution in [0.15, 0.2) is 66.7 Å². The predicted molar refractivity (Wildman–Crippen MR) is 120 cm³/mol. The maximum absolute atomic E-state index is 12.5. The van der Waals surface area contributed by atoms with Gasteiger partial charge in [-0.05, 0) is 23.1 Å². The van der Waals surface area contributed by atoms with Crippen LogP contribution in [0, 0.1) is 5.92 Å². The number of carbonyl (C=O) groups is 3. The molecule has 2 bridgehead atoms. The summed E-state index contributed by atoms with van der Waals surface area (Å²) in [6.07, 6.45) is 3.87. The van der Waals surface area contributed by atoms with E-state index in [1.165, 1.54) is 7.11 Å². The molecule has 2 N–H and O–H groups in total. The molecule has 1 aliphatic heterocycles. The van der Waals surface area contributed by atoms with Crippen molar-refractivity contribution in [2.45, 2.75) is 38.5 Å². The van der Waals surface area contributed by atoms with Crippen molar-refractivity contribution in [2.75, 3.05) is 7.11 Å². The second-order valence-corrected chi connectivity index (χ2v) is 7.74. The van der Waals surface area contributed by atoms with Crippen LogP contribution in [0.5, 0.6) is 0 Å². The zero-order valence-electron chi connectivity index (χ0n) is 18.2. The summed E-state index contributed by atoms with van der Waals surface area (Å²) < 4.78 is 10.2. The highest BCUT2D eigenvalue weighted by Gasteiger charge is 2.25. The Hall–Kier alpha value is -3.61. The third-order valence-electron chi connectivity index (χ3n) is 5.31. The number of fused-ring (bicyclic) bond motifs is 2. The molecule has 3 rings (SSSR count). The normalized spacial score (nSPS) is 21.8. The molecule has 0 spiro atoms.